The summed E-state index contributed by atoms with van der Waals surface area (Å²) in [5.74, 6) is -2.05. The number of rotatable bonds is 6. The van der Waals surface area contributed by atoms with Gasteiger partial charge in [-0.2, -0.15) is 0 Å². The number of hydrogen-bond acceptors (Lipinski definition) is 3. The van der Waals surface area contributed by atoms with Crippen molar-refractivity contribution in [2.45, 2.75) is 32.2 Å². The van der Waals surface area contributed by atoms with Crippen molar-refractivity contribution in [1.29, 1.82) is 0 Å². The molecule has 0 saturated carbocycles. The molecule has 1 heterocycles. The summed E-state index contributed by atoms with van der Waals surface area (Å²) in [6.07, 6.45) is 1.93. The fourth-order valence-electron chi connectivity index (χ4n) is 1.52. The number of carboxylic acids is 1. The first kappa shape index (κ1) is 15.4. The second-order valence-electron chi connectivity index (χ2n) is 4.15. The molecule has 19 heavy (non-hydrogen) atoms. The Kier molecular flexibility index (Phi) is 5.69. The number of aliphatic carboxylic acids is 1. The number of carbonyl (C=O) groups excluding carboxylic acids is 1. The van der Waals surface area contributed by atoms with Gasteiger partial charge in [-0.1, -0.05) is 11.6 Å². The Hall–Kier alpha value is -1.69. The van der Waals surface area contributed by atoms with Crippen LogP contribution in [0.15, 0.2) is 12.3 Å². The third-order valence-corrected chi connectivity index (χ3v) is 2.76. The van der Waals surface area contributed by atoms with Crippen LogP contribution in [0.4, 0.5) is 4.39 Å². The van der Waals surface area contributed by atoms with E-state index in [-0.39, 0.29) is 23.2 Å². The van der Waals surface area contributed by atoms with Crippen LogP contribution in [0.25, 0.3) is 0 Å². The molecule has 0 spiro atoms. The first-order chi connectivity index (χ1) is 8.90. The van der Waals surface area contributed by atoms with Crippen LogP contribution in [0.2, 0.25) is 5.15 Å². The highest BCUT2D eigenvalue weighted by Crippen LogP contribution is 2.14. The standard InChI is InChI=1S/C12H14ClFN2O3/c1-7(3-2-4-10(17)18)16-12(19)9-5-8(14)6-15-11(9)13/h5-7H,2-4H2,1H3,(H,16,19)(H,17,18). The Bertz CT molecular complexity index is 482. The van der Waals surface area contributed by atoms with Gasteiger partial charge in [-0.05, 0) is 25.8 Å². The molecule has 0 radical (unpaired) electrons. The molecule has 0 saturated heterocycles. The molecule has 7 heteroatoms. The second-order valence-corrected chi connectivity index (χ2v) is 4.51. The van der Waals surface area contributed by atoms with Crippen LogP contribution in [-0.2, 0) is 4.79 Å². The lowest BCUT2D eigenvalue weighted by atomic mass is 10.1. The number of halogens is 2. The number of nitrogens with one attached hydrogen (secondary N) is 1. The molecular weight excluding hydrogens is 275 g/mol. The molecule has 2 N–H and O–H groups in total. The van der Waals surface area contributed by atoms with E-state index < -0.39 is 17.7 Å². The van der Waals surface area contributed by atoms with E-state index in [2.05, 4.69) is 10.3 Å². The smallest absolute Gasteiger partial charge is 0.303 e. The SMILES string of the molecule is CC(CCCC(=O)O)NC(=O)c1cc(F)cnc1Cl. The van der Waals surface area contributed by atoms with Crippen molar-refractivity contribution in [2.75, 3.05) is 0 Å². The average Bonchev–Trinajstić information content (AvgIpc) is 2.31. The Balaban J connectivity index is 2.54. The number of pyridine rings is 1. The van der Waals surface area contributed by atoms with Crippen LogP contribution in [0, 0.1) is 5.82 Å². The zero-order valence-corrected chi connectivity index (χ0v) is 11.1. The van der Waals surface area contributed by atoms with Crippen molar-refractivity contribution in [3.63, 3.8) is 0 Å². The summed E-state index contributed by atoms with van der Waals surface area (Å²) in [5, 5.41) is 11.0. The molecule has 1 amide bonds. The van der Waals surface area contributed by atoms with Crippen LogP contribution >= 0.6 is 11.6 Å². The lowest BCUT2D eigenvalue weighted by Gasteiger charge is -2.13. The molecule has 0 aliphatic heterocycles. The maximum atomic E-state index is 13.0. The van der Waals surface area contributed by atoms with Crippen molar-refractivity contribution in [1.82, 2.24) is 10.3 Å². The average molecular weight is 289 g/mol. The van der Waals surface area contributed by atoms with Gasteiger partial charge in [0, 0.05) is 12.5 Å². The van der Waals surface area contributed by atoms with Crippen LogP contribution in [-0.4, -0.2) is 28.0 Å². The number of carboxylic acid groups (broad SMARTS) is 1. The minimum atomic E-state index is -0.879. The minimum Gasteiger partial charge on any atom is -0.481 e. The number of carbonyl (C=O) groups is 2. The van der Waals surface area contributed by atoms with Crippen molar-refractivity contribution in [2.24, 2.45) is 0 Å². The molecule has 104 valence electrons. The maximum absolute atomic E-state index is 13.0. The first-order valence-electron chi connectivity index (χ1n) is 5.74. The van der Waals surface area contributed by atoms with Gasteiger partial charge in [0.2, 0.25) is 0 Å². The summed E-state index contributed by atoms with van der Waals surface area (Å²) < 4.78 is 13.0. The summed E-state index contributed by atoms with van der Waals surface area (Å²) in [6, 6.07) is 0.778. The Morgan fingerprint density at radius 1 is 1.58 bits per heavy atom. The third-order valence-electron chi connectivity index (χ3n) is 2.46. The summed E-state index contributed by atoms with van der Waals surface area (Å²) >= 11 is 5.70. The van der Waals surface area contributed by atoms with Gasteiger partial charge in [0.15, 0.2) is 0 Å². The van der Waals surface area contributed by atoms with Gasteiger partial charge in [0.25, 0.3) is 5.91 Å². The monoisotopic (exact) mass is 288 g/mol. The van der Waals surface area contributed by atoms with Gasteiger partial charge in [0.1, 0.15) is 11.0 Å². The lowest BCUT2D eigenvalue weighted by molar-refractivity contribution is -0.137. The van der Waals surface area contributed by atoms with Gasteiger partial charge in [-0.3, -0.25) is 9.59 Å². The predicted molar refractivity (Wildman–Crippen MR) is 67.6 cm³/mol. The van der Waals surface area contributed by atoms with Crippen LogP contribution < -0.4 is 5.32 Å². The van der Waals surface area contributed by atoms with Gasteiger partial charge < -0.3 is 10.4 Å². The number of aromatic nitrogens is 1. The van der Waals surface area contributed by atoms with E-state index in [1.165, 1.54) is 0 Å². The van der Waals surface area contributed by atoms with E-state index in [4.69, 9.17) is 16.7 Å². The molecule has 5 nitrogen and oxygen atoms in total. The number of hydrogen-bond donors (Lipinski definition) is 2. The fraction of sp³-hybridized carbons (Fsp3) is 0.417. The third kappa shape index (κ3) is 5.21. The Labute approximate surface area is 114 Å². The zero-order valence-electron chi connectivity index (χ0n) is 10.3. The second kappa shape index (κ2) is 7.04. The maximum Gasteiger partial charge on any atom is 0.303 e. The van der Waals surface area contributed by atoms with E-state index in [1.807, 2.05) is 0 Å². The normalized spacial score (nSPS) is 11.9. The molecule has 1 aromatic heterocycles. The van der Waals surface area contributed by atoms with Crippen molar-refractivity contribution in [3.8, 4) is 0 Å². The molecule has 1 aromatic rings. The first-order valence-corrected chi connectivity index (χ1v) is 6.11. The quantitative estimate of drug-likeness (QED) is 0.787. The van der Waals surface area contributed by atoms with Crippen LogP contribution in [0.5, 0.6) is 0 Å². The van der Waals surface area contributed by atoms with E-state index in [0.29, 0.717) is 12.8 Å². The van der Waals surface area contributed by atoms with Crippen molar-refractivity contribution < 1.29 is 19.1 Å². The summed E-state index contributed by atoms with van der Waals surface area (Å²) in [7, 11) is 0. The van der Waals surface area contributed by atoms with Gasteiger partial charge in [-0.15, -0.1) is 0 Å². The zero-order chi connectivity index (χ0) is 14.4. The Morgan fingerprint density at radius 2 is 2.26 bits per heavy atom. The summed E-state index contributed by atoms with van der Waals surface area (Å²) in [6.45, 7) is 1.74. The van der Waals surface area contributed by atoms with Gasteiger partial charge >= 0.3 is 5.97 Å². The molecule has 0 fully saturated rings. The van der Waals surface area contributed by atoms with E-state index >= 15 is 0 Å². The lowest BCUT2D eigenvalue weighted by Crippen LogP contribution is -2.33. The van der Waals surface area contributed by atoms with Crippen LogP contribution in [0.1, 0.15) is 36.5 Å². The highest BCUT2D eigenvalue weighted by atomic mass is 35.5. The summed E-state index contributed by atoms with van der Waals surface area (Å²) in [5.41, 5.74) is -0.0354. The van der Waals surface area contributed by atoms with Gasteiger partial charge in [-0.25, -0.2) is 9.37 Å². The highest BCUT2D eigenvalue weighted by Gasteiger charge is 2.15. The predicted octanol–water partition coefficient (Wildman–Crippen LogP) is 2.25. The van der Waals surface area contributed by atoms with E-state index in [9.17, 15) is 14.0 Å². The van der Waals surface area contributed by atoms with Crippen molar-refractivity contribution >= 4 is 23.5 Å². The molecule has 1 rings (SSSR count). The molecular formula is C12H14ClFN2O3. The fourth-order valence-corrected chi connectivity index (χ4v) is 1.70. The van der Waals surface area contributed by atoms with E-state index in [0.717, 1.165) is 12.3 Å². The molecule has 1 atom stereocenters. The number of amides is 1. The molecule has 0 aliphatic carbocycles. The molecule has 1 unspecified atom stereocenters. The number of nitrogens with zero attached hydrogens (tertiary/aromatic N) is 1. The highest BCUT2D eigenvalue weighted by molar-refractivity contribution is 6.32. The summed E-state index contributed by atoms with van der Waals surface area (Å²) in [4.78, 5) is 25.7. The molecule has 0 bridgehead atoms. The van der Waals surface area contributed by atoms with Crippen LogP contribution in [0.3, 0.4) is 0 Å². The van der Waals surface area contributed by atoms with Crippen molar-refractivity contribution in [3.05, 3.63) is 28.8 Å². The largest absolute Gasteiger partial charge is 0.481 e. The minimum absolute atomic E-state index is 0.0354. The molecule has 0 aliphatic rings. The van der Waals surface area contributed by atoms with Gasteiger partial charge in [0.05, 0.1) is 11.8 Å². The topological polar surface area (TPSA) is 79.3 Å². The Morgan fingerprint density at radius 3 is 2.89 bits per heavy atom. The molecule has 0 aromatic carbocycles. The van der Waals surface area contributed by atoms with E-state index in [1.54, 1.807) is 6.92 Å².